The highest BCUT2D eigenvalue weighted by molar-refractivity contribution is 5.43. The quantitative estimate of drug-likeness (QED) is 0.499. The number of aromatic nitrogens is 1. The fourth-order valence-electron chi connectivity index (χ4n) is 0.617. The Morgan fingerprint density at radius 3 is 2.91 bits per heavy atom. The van der Waals surface area contributed by atoms with Gasteiger partial charge in [-0.15, -0.1) is 0 Å². The van der Waals surface area contributed by atoms with E-state index in [1.807, 2.05) is 6.07 Å². The molecular formula is C7H6N4. The van der Waals surface area contributed by atoms with E-state index in [0.717, 1.165) is 5.69 Å². The van der Waals surface area contributed by atoms with Crippen LogP contribution in [0.15, 0.2) is 23.4 Å². The minimum Gasteiger partial charge on any atom is -0.278 e. The minimum absolute atomic E-state index is 0.389. The first-order valence-electron chi connectivity index (χ1n) is 2.94. The molecule has 0 saturated carbocycles. The molecular weight excluding hydrogens is 140 g/mol. The van der Waals surface area contributed by atoms with Gasteiger partial charge in [-0.2, -0.15) is 10.4 Å². The highest BCUT2D eigenvalue weighted by atomic mass is 15.3. The van der Waals surface area contributed by atoms with Crippen LogP contribution in [0.1, 0.15) is 5.69 Å². The molecule has 4 nitrogen and oxygen atoms in total. The molecule has 1 aromatic rings. The van der Waals surface area contributed by atoms with Crippen LogP contribution in [0.25, 0.3) is 0 Å². The van der Waals surface area contributed by atoms with Crippen molar-refractivity contribution in [1.29, 1.82) is 5.26 Å². The molecule has 1 N–H and O–H groups in total. The van der Waals surface area contributed by atoms with Gasteiger partial charge in [-0.25, -0.2) is 4.98 Å². The first-order chi connectivity index (χ1) is 5.36. The summed E-state index contributed by atoms with van der Waals surface area (Å²) in [5.74, 6) is 0. The lowest BCUT2D eigenvalue weighted by Gasteiger charge is -1.95. The molecule has 0 amide bonds. The second-order valence-corrected chi connectivity index (χ2v) is 1.81. The van der Waals surface area contributed by atoms with Crippen LogP contribution >= 0.6 is 0 Å². The summed E-state index contributed by atoms with van der Waals surface area (Å²) >= 11 is 0. The van der Waals surface area contributed by atoms with Gasteiger partial charge in [-0.1, -0.05) is 0 Å². The molecule has 1 rings (SSSR count). The van der Waals surface area contributed by atoms with Gasteiger partial charge in [0, 0.05) is 6.72 Å². The van der Waals surface area contributed by atoms with Gasteiger partial charge >= 0.3 is 0 Å². The first-order valence-corrected chi connectivity index (χ1v) is 2.94. The fraction of sp³-hybridized carbons (Fsp3) is 0. The number of rotatable bonds is 2. The van der Waals surface area contributed by atoms with Gasteiger partial charge in [0.15, 0.2) is 0 Å². The Labute approximate surface area is 64.2 Å². The number of anilines is 1. The number of hydrazone groups is 1. The van der Waals surface area contributed by atoms with Crippen LogP contribution in [0.3, 0.4) is 0 Å². The van der Waals surface area contributed by atoms with Gasteiger partial charge < -0.3 is 0 Å². The lowest BCUT2D eigenvalue weighted by Crippen LogP contribution is -1.88. The third kappa shape index (κ3) is 1.76. The van der Waals surface area contributed by atoms with E-state index in [1.165, 1.54) is 6.20 Å². The van der Waals surface area contributed by atoms with Crippen molar-refractivity contribution in [1.82, 2.24) is 4.98 Å². The predicted octanol–water partition coefficient (Wildman–Crippen LogP) is 0.981. The Kier molecular flexibility index (Phi) is 2.18. The zero-order chi connectivity index (χ0) is 8.10. The van der Waals surface area contributed by atoms with Crippen molar-refractivity contribution in [3.05, 3.63) is 24.0 Å². The van der Waals surface area contributed by atoms with Crippen molar-refractivity contribution in [3.63, 3.8) is 0 Å². The maximum absolute atomic E-state index is 8.39. The van der Waals surface area contributed by atoms with Crippen molar-refractivity contribution in [2.24, 2.45) is 5.10 Å². The van der Waals surface area contributed by atoms with Crippen LogP contribution in [0.4, 0.5) is 5.69 Å². The third-order valence-corrected chi connectivity index (χ3v) is 1.09. The van der Waals surface area contributed by atoms with Gasteiger partial charge in [0.1, 0.15) is 11.8 Å². The molecule has 0 bridgehead atoms. The number of hydrogen-bond acceptors (Lipinski definition) is 4. The number of nitriles is 1. The molecule has 54 valence electrons. The van der Waals surface area contributed by atoms with E-state index in [-0.39, 0.29) is 0 Å². The normalized spacial score (nSPS) is 8.27. The highest BCUT2D eigenvalue weighted by Gasteiger charge is 1.90. The molecule has 0 radical (unpaired) electrons. The zero-order valence-corrected chi connectivity index (χ0v) is 5.78. The Morgan fingerprint density at radius 1 is 1.64 bits per heavy atom. The SMILES string of the molecule is C=NNc1ccc(C#N)nc1. The van der Waals surface area contributed by atoms with Crippen LogP contribution in [-0.2, 0) is 0 Å². The average Bonchev–Trinajstić information content (AvgIpc) is 2.07. The standard InChI is InChI=1S/C7H6N4/c1-9-11-7-3-2-6(4-8)10-5-7/h2-3,5,11H,1H2. The molecule has 0 aliphatic carbocycles. The highest BCUT2D eigenvalue weighted by Crippen LogP contribution is 2.04. The topological polar surface area (TPSA) is 61.1 Å². The van der Waals surface area contributed by atoms with E-state index >= 15 is 0 Å². The number of nitrogens with zero attached hydrogens (tertiary/aromatic N) is 3. The lowest BCUT2D eigenvalue weighted by molar-refractivity contribution is 1.24. The van der Waals surface area contributed by atoms with E-state index in [2.05, 4.69) is 22.2 Å². The molecule has 0 spiro atoms. The first kappa shape index (κ1) is 7.22. The maximum Gasteiger partial charge on any atom is 0.140 e. The van der Waals surface area contributed by atoms with Crippen LogP contribution in [-0.4, -0.2) is 11.7 Å². The summed E-state index contributed by atoms with van der Waals surface area (Å²) in [5, 5.41) is 11.8. The van der Waals surface area contributed by atoms with Crippen LogP contribution in [0.2, 0.25) is 0 Å². The van der Waals surface area contributed by atoms with E-state index in [0.29, 0.717) is 5.69 Å². The molecule has 11 heavy (non-hydrogen) atoms. The molecule has 0 atom stereocenters. The molecule has 1 heterocycles. The minimum atomic E-state index is 0.389. The summed E-state index contributed by atoms with van der Waals surface area (Å²) in [6.45, 7) is 3.24. The lowest BCUT2D eigenvalue weighted by atomic mass is 10.3. The zero-order valence-electron chi connectivity index (χ0n) is 5.78. The third-order valence-electron chi connectivity index (χ3n) is 1.09. The van der Waals surface area contributed by atoms with E-state index in [9.17, 15) is 0 Å². The summed E-state index contributed by atoms with van der Waals surface area (Å²) < 4.78 is 0. The van der Waals surface area contributed by atoms with Crippen molar-refractivity contribution >= 4 is 12.4 Å². The largest absolute Gasteiger partial charge is 0.278 e. The average molecular weight is 146 g/mol. The Morgan fingerprint density at radius 2 is 2.45 bits per heavy atom. The van der Waals surface area contributed by atoms with Crippen molar-refractivity contribution in [3.8, 4) is 6.07 Å². The number of hydrogen-bond donors (Lipinski definition) is 1. The molecule has 0 unspecified atom stereocenters. The molecule has 4 heteroatoms. The smallest absolute Gasteiger partial charge is 0.140 e. The van der Waals surface area contributed by atoms with Crippen LogP contribution in [0.5, 0.6) is 0 Å². The second kappa shape index (κ2) is 3.32. The van der Waals surface area contributed by atoms with Crippen molar-refractivity contribution in [2.45, 2.75) is 0 Å². The Bertz CT molecular complexity index is 282. The molecule has 1 aromatic heterocycles. The maximum atomic E-state index is 8.39. The van der Waals surface area contributed by atoms with Crippen LogP contribution < -0.4 is 5.43 Å². The molecule has 0 fully saturated rings. The predicted molar refractivity (Wildman–Crippen MR) is 42.1 cm³/mol. The Hall–Kier alpha value is -1.89. The van der Waals surface area contributed by atoms with Gasteiger partial charge in [0.2, 0.25) is 0 Å². The van der Waals surface area contributed by atoms with Crippen LogP contribution in [0, 0.1) is 11.3 Å². The van der Waals surface area contributed by atoms with E-state index in [4.69, 9.17) is 5.26 Å². The Balaban J connectivity index is 2.84. The summed E-state index contributed by atoms with van der Waals surface area (Å²) in [7, 11) is 0. The van der Waals surface area contributed by atoms with Gasteiger partial charge in [0.25, 0.3) is 0 Å². The number of nitrogens with one attached hydrogen (secondary N) is 1. The molecule has 0 aliphatic heterocycles. The summed E-state index contributed by atoms with van der Waals surface area (Å²) in [5.41, 5.74) is 3.71. The number of pyridine rings is 1. The summed E-state index contributed by atoms with van der Waals surface area (Å²) in [4.78, 5) is 3.80. The summed E-state index contributed by atoms with van der Waals surface area (Å²) in [6, 6.07) is 5.22. The monoisotopic (exact) mass is 146 g/mol. The fourth-order valence-corrected chi connectivity index (χ4v) is 0.617. The van der Waals surface area contributed by atoms with E-state index in [1.54, 1.807) is 12.1 Å². The molecule has 0 saturated heterocycles. The van der Waals surface area contributed by atoms with Gasteiger partial charge in [-0.05, 0) is 12.1 Å². The van der Waals surface area contributed by atoms with E-state index < -0.39 is 0 Å². The molecule has 0 aromatic carbocycles. The van der Waals surface area contributed by atoms with Gasteiger partial charge in [-0.3, -0.25) is 5.43 Å². The van der Waals surface area contributed by atoms with Gasteiger partial charge in [0.05, 0.1) is 11.9 Å². The second-order valence-electron chi connectivity index (χ2n) is 1.81. The van der Waals surface area contributed by atoms with Crippen molar-refractivity contribution in [2.75, 3.05) is 5.43 Å². The molecule has 0 aliphatic rings. The summed E-state index contributed by atoms with van der Waals surface area (Å²) in [6.07, 6.45) is 1.52. The van der Waals surface area contributed by atoms with Crippen molar-refractivity contribution < 1.29 is 0 Å².